The number of hydrogen-bond acceptors (Lipinski definition) is 3. The largest absolute Gasteiger partial charge is 0.395 e. The number of aliphatic hydroxyl groups is 1. The van der Waals surface area contributed by atoms with Gasteiger partial charge in [-0.3, -0.25) is 4.72 Å². The van der Waals surface area contributed by atoms with Gasteiger partial charge < -0.3 is 5.11 Å². The van der Waals surface area contributed by atoms with Gasteiger partial charge >= 0.3 is 0 Å². The van der Waals surface area contributed by atoms with Crippen molar-refractivity contribution in [2.45, 2.75) is 13.3 Å². The molecule has 16 heavy (non-hydrogen) atoms. The van der Waals surface area contributed by atoms with Crippen molar-refractivity contribution in [1.82, 2.24) is 0 Å². The number of benzene rings is 1. The first kappa shape index (κ1) is 13.5. The number of nitrogens with one attached hydrogen (secondary N) is 1. The van der Waals surface area contributed by atoms with Crippen LogP contribution in [-0.4, -0.2) is 25.9 Å². The second-order valence-corrected chi connectivity index (χ2v) is 6.06. The van der Waals surface area contributed by atoms with Crippen molar-refractivity contribution in [2.75, 3.05) is 17.1 Å². The predicted octanol–water partition coefficient (Wildman–Crippen LogP) is 1.75. The highest BCUT2D eigenvalue weighted by Gasteiger charge is 2.11. The van der Waals surface area contributed by atoms with Gasteiger partial charge in [-0.05, 0) is 30.2 Å². The van der Waals surface area contributed by atoms with Gasteiger partial charge in [0.25, 0.3) is 0 Å². The Kier molecular flexibility index (Phi) is 4.76. The van der Waals surface area contributed by atoms with E-state index in [0.29, 0.717) is 5.69 Å². The van der Waals surface area contributed by atoms with Crippen LogP contribution in [-0.2, 0) is 16.4 Å². The number of sulfonamides is 1. The molecule has 1 aromatic rings. The molecule has 0 aliphatic rings. The number of hydrogen-bond donors (Lipinski definition) is 2. The lowest BCUT2D eigenvalue weighted by Gasteiger charge is -2.11. The van der Waals surface area contributed by atoms with E-state index in [4.69, 9.17) is 5.11 Å². The molecule has 0 aliphatic heterocycles. The Morgan fingerprint density at radius 1 is 1.44 bits per heavy atom. The van der Waals surface area contributed by atoms with E-state index >= 15 is 0 Å². The molecule has 1 rings (SSSR count). The number of halogens is 1. The lowest BCUT2D eigenvalue weighted by atomic mass is 10.1. The molecule has 0 radical (unpaired) electrons. The standard InChI is InChI=1S/C10H14BrNO3S/c1-2-8-7-9(11)3-4-10(8)12-16(14,15)6-5-13/h3-4,7,12-13H,2,5-6H2,1H3. The van der Waals surface area contributed by atoms with Crippen LogP contribution in [0.1, 0.15) is 12.5 Å². The zero-order valence-corrected chi connectivity index (χ0v) is 11.3. The van der Waals surface area contributed by atoms with Gasteiger partial charge in [0.05, 0.1) is 18.0 Å². The third-order valence-electron chi connectivity index (χ3n) is 2.07. The molecule has 0 aromatic heterocycles. The zero-order chi connectivity index (χ0) is 12.2. The minimum absolute atomic E-state index is 0.285. The number of aliphatic hydroxyl groups excluding tert-OH is 1. The number of aryl methyl sites for hydroxylation is 1. The minimum Gasteiger partial charge on any atom is -0.395 e. The molecule has 0 saturated carbocycles. The Balaban J connectivity index is 2.97. The summed E-state index contributed by atoms with van der Waals surface area (Å²) in [7, 11) is -3.45. The van der Waals surface area contributed by atoms with Gasteiger partial charge in [0.2, 0.25) is 10.0 Å². The molecule has 0 bridgehead atoms. The van der Waals surface area contributed by atoms with Crippen LogP contribution in [0.4, 0.5) is 5.69 Å². The molecule has 0 heterocycles. The van der Waals surface area contributed by atoms with E-state index in [1.807, 2.05) is 13.0 Å². The Hall–Kier alpha value is -0.590. The van der Waals surface area contributed by atoms with Gasteiger partial charge in [0.15, 0.2) is 0 Å². The lowest BCUT2D eigenvalue weighted by molar-refractivity contribution is 0.320. The third kappa shape index (κ3) is 3.77. The van der Waals surface area contributed by atoms with Gasteiger partial charge in [-0.15, -0.1) is 0 Å². The van der Waals surface area contributed by atoms with Crippen molar-refractivity contribution in [3.63, 3.8) is 0 Å². The molecule has 0 unspecified atom stereocenters. The molecule has 0 saturated heterocycles. The highest BCUT2D eigenvalue weighted by atomic mass is 79.9. The Labute approximate surface area is 104 Å². The summed E-state index contributed by atoms with van der Waals surface area (Å²) < 4.78 is 26.3. The summed E-state index contributed by atoms with van der Waals surface area (Å²) in [5.74, 6) is -0.285. The van der Waals surface area contributed by atoms with Crippen molar-refractivity contribution < 1.29 is 13.5 Å². The second kappa shape index (κ2) is 5.65. The summed E-state index contributed by atoms with van der Waals surface area (Å²) in [6.45, 7) is 1.57. The predicted molar refractivity (Wildman–Crippen MR) is 68.0 cm³/mol. The molecule has 1 aromatic carbocycles. The Bertz CT molecular complexity index is 459. The fourth-order valence-corrected chi connectivity index (χ4v) is 2.58. The first-order valence-corrected chi connectivity index (χ1v) is 7.33. The zero-order valence-electron chi connectivity index (χ0n) is 8.90. The minimum atomic E-state index is -3.45. The quantitative estimate of drug-likeness (QED) is 0.871. The Morgan fingerprint density at radius 2 is 2.12 bits per heavy atom. The topological polar surface area (TPSA) is 66.4 Å². The molecule has 90 valence electrons. The van der Waals surface area contributed by atoms with Gasteiger partial charge in [-0.2, -0.15) is 0 Å². The van der Waals surface area contributed by atoms with Gasteiger partial charge in [0, 0.05) is 4.47 Å². The summed E-state index contributed by atoms with van der Waals surface area (Å²) in [6.07, 6.45) is 0.733. The van der Waals surface area contributed by atoms with E-state index in [1.54, 1.807) is 12.1 Å². The number of rotatable bonds is 5. The molecule has 0 aliphatic carbocycles. The van der Waals surface area contributed by atoms with Crippen LogP contribution in [0.25, 0.3) is 0 Å². The van der Waals surface area contributed by atoms with Crippen LogP contribution in [0, 0.1) is 0 Å². The van der Waals surface area contributed by atoms with Gasteiger partial charge in [-0.25, -0.2) is 8.42 Å². The molecule has 0 spiro atoms. The molecular weight excluding hydrogens is 294 g/mol. The average Bonchev–Trinajstić information content (AvgIpc) is 2.20. The fourth-order valence-electron chi connectivity index (χ4n) is 1.29. The van der Waals surface area contributed by atoms with E-state index < -0.39 is 10.0 Å². The summed E-state index contributed by atoms with van der Waals surface area (Å²) in [4.78, 5) is 0. The fraction of sp³-hybridized carbons (Fsp3) is 0.400. The summed E-state index contributed by atoms with van der Waals surface area (Å²) in [5.41, 5.74) is 1.48. The second-order valence-electron chi connectivity index (χ2n) is 3.30. The average molecular weight is 308 g/mol. The third-order valence-corrected chi connectivity index (χ3v) is 3.82. The van der Waals surface area contributed by atoms with Crippen LogP contribution in [0.5, 0.6) is 0 Å². The van der Waals surface area contributed by atoms with Crippen LogP contribution in [0.15, 0.2) is 22.7 Å². The number of anilines is 1. The van der Waals surface area contributed by atoms with Crippen LogP contribution in [0.2, 0.25) is 0 Å². The van der Waals surface area contributed by atoms with Crippen molar-refractivity contribution in [3.8, 4) is 0 Å². The monoisotopic (exact) mass is 307 g/mol. The van der Waals surface area contributed by atoms with Crippen molar-refractivity contribution in [3.05, 3.63) is 28.2 Å². The first-order valence-electron chi connectivity index (χ1n) is 4.88. The van der Waals surface area contributed by atoms with Gasteiger partial charge in [0.1, 0.15) is 0 Å². The Morgan fingerprint density at radius 3 is 2.69 bits per heavy atom. The van der Waals surface area contributed by atoms with Crippen molar-refractivity contribution in [1.29, 1.82) is 0 Å². The van der Waals surface area contributed by atoms with E-state index in [2.05, 4.69) is 20.7 Å². The van der Waals surface area contributed by atoms with E-state index in [1.165, 1.54) is 0 Å². The normalized spacial score (nSPS) is 11.4. The summed E-state index contributed by atoms with van der Waals surface area (Å²) in [5, 5.41) is 8.62. The SMILES string of the molecule is CCc1cc(Br)ccc1NS(=O)(=O)CCO. The smallest absolute Gasteiger partial charge is 0.234 e. The molecule has 6 heteroatoms. The van der Waals surface area contributed by atoms with E-state index in [-0.39, 0.29) is 12.4 Å². The maximum Gasteiger partial charge on any atom is 0.234 e. The van der Waals surface area contributed by atoms with Crippen molar-refractivity contribution in [2.24, 2.45) is 0 Å². The van der Waals surface area contributed by atoms with Crippen LogP contribution in [0.3, 0.4) is 0 Å². The van der Waals surface area contributed by atoms with Crippen LogP contribution < -0.4 is 4.72 Å². The maximum atomic E-state index is 11.5. The van der Waals surface area contributed by atoms with Crippen molar-refractivity contribution >= 4 is 31.6 Å². The van der Waals surface area contributed by atoms with Crippen LogP contribution >= 0.6 is 15.9 Å². The highest BCUT2D eigenvalue weighted by Crippen LogP contribution is 2.22. The molecule has 0 fully saturated rings. The molecule has 0 atom stereocenters. The van der Waals surface area contributed by atoms with Gasteiger partial charge in [-0.1, -0.05) is 22.9 Å². The summed E-state index contributed by atoms with van der Waals surface area (Å²) in [6, 6.07) is 5.35. The van der Waals surface area contributed by atoms with E-state index in [0.717, 1.165) is 16.5 Å². The molecule has 4 nitrogen and oxygen atoms in total. The highest BCUT2D eigenvalue weighted by molar-refractivity contribution is 9.10. The maximum absolute atomic E-state index is 11.5. The van der Waals surface area contributed by atoms with E-state index in [9.17, 15) is 8.42 Å². The molecule has 0 amide bonds. The summed E-state index contributed by atoms with van der Waals surface area (Å²) >= 11 is 3.33. The first-order chi connectivity index (χ1) is 7.48. The molecular formula is C10H14BrNO3S. The molecule has 2 N–H and O–H groups in total. The lowest BCUT2D eigenvalue weighted by Crippen LogP contribution is -2.19.